The van der Waals surface area contributed by atoms with E-state index in [1.165, 1.54) is 5.56 Å². The van der Waals surface area contributed by atoms with Gasteiger partial charge in [-0.05, 0) is 61.2 Å². The highest BCUT2D eigenvalue weighted by molar-refractivity contribution is 7.99. The Hall–Kier alpha value is -4.04. The Morgan fingerprint density at radius 3 is 2.64 bits per heavy atom. The van der Waals surface area contributed by atoms with Gasteiger partial charge in [-0.2, -0.15) is 4.98 Å². The predicted molar refractivity (Wildman–Crippen MR) is 157 cm³/mol. The molecule has 8 heteroatoms. The summed E-state index contributed by atoms with van der Waals surface area (Å²) in [7, 11) is 0. The Balaban J connectivity index is 1.49. The molecule has 2 heterocycles. The normalized spacial score (nSPS) is 14.5. The van der Waals surface area contributed by atoms with Gasteiger partial charge in [0.05, 0.1) is 5.57 Å². The van der Waals surface area contributed by atoms with E-state index in [1.54, 1.807) is 11.8 Å². The zero-order valence-corrected chi connectivity index (χ0v) is 23.3. The van der Waals surface area contributed by atoms with Crippen molar-refractivity contribution in [2.24, 2.45) is 0 Å². The highest BCUT2D eigenvalue weighted by Crippen LogP contribution is 2.38. The van der Waals surface area contributed by atoms with Crippen molar-refractivity contribution in [1.29, 1.82) is 0 Å². The zero-order chi connectivity index (χ0) is 27.2. The number of nitrogens with one attached hydrogen (secondary N) is 2. The average molecular weight is 540 g/mol. The summed E-state index contributed by atoms with van der Waals surface area (Å²) >= 11 is 1.63. The third kappa shape index (κ3) is 6.17. The van der Waals surface area contributed by atoms with E-state index in [1.807, 2.05) is 78.3 Å². The molecule has 0 fully saturated rings. The smallest absolute Gasteiger partial charge is 0.255 e. The first kappa shape index (κ1) is 26.6. The largest absolute Gasteiger partial charge is 0.489 e. The van der Waals surface area contributed by atoms with Crippen molar-refractivity contribution < 1.29 is 9.53 Å². The van der Waals surface area contributed by atoms with Crippen molar-refractivity contribution in [2.45, 2.75) is 51.4 Å². The molecule has 1 aliphatic heterocycles. The number of allylic oxidation sites excluding steroid dienone is 1. The van der Waals surface area contributed by atoms with Crippen LogP contribution >= 0.6 is 11.8 Å². The molecule has 1 amide bonds. The highest BCUT2D eigenvalue weighted by atomic mass is 32.2. The molecule has 4 aromatic rings. The van der Waals surface area contributed by atoms with Crippen LogP contribution in [-0.2, 0) is 11.4 Å². The molecule has 1 unspecified atom stereocenters. The Labute approximate surface area is 233 Å². The number of ether oxygens (including phenoxy) is 1. The summed E-state index contributed by atoms with van der Waals surface area (Å²) < 4.78 is 8.02. The van der Waals surface area contributed by atoms with Gasteiger partial charge >= 0.3 is 0 Å². The zero-order valence-electron chi connectivity index (χ0n) is 22.5. The van der Waals surface area contributed by atoms with Gasteiger partial charge in [0, 0.05) is 17.1 Å². The van der Waals surface area contributed by atoms with Crippen LogP contribution in [0.2, 0.25) is 0 Å². The van der Waals surface area contributed by atoms with E-state index in [0.29, 0.717) is 23.3 Å². The number of fused-ring (bicyclic) bond motifs is 1. The monoisotopic (exact) mass is 539 g/mol. The van der Waals surface area contributed by atoms with Crippen LogP contribution < -0.4 is 15.4 Å². The first-order chi connectivity index (χ1) is 19.0. The molecule has 0 spiro atoms. The summed E-state index contributed by atoms with van der Waals surface area (Å²) in [5.74, 6) is 2.11. The van der Waals surface area contributed by atoms with Crippen molar-refractivity contribution in [3.05, 3.63) is 107 Å². The van der Waals surface area contributed by atoms with Gasteiger partial charge in [-0.25, -0.2) is 4.68 Å². The van der Waals surface area contributed by atoms with Crippen LogP contribution in [0.3, 0.4) is 0 Å². The van der Waals surface area contributed by atoms with E-state index in [2.05, 4.69) is 36.6 Å². The molecule has 0 aliphatic carbocycles. The van der Waals surface area contributed by atoms with E-state index in [9.17, 15) is 4.79 Å². The fourth-order valence-corrected chi connectivity index (χ4v) is 5.44. The first-order valence-corrected chi connectivity index (χ1v) is 14.2. The molecule has 200 valence electrons. The third-order valence-electron chi connectivity index (χ3n) is 6.67. The minimum Gasteiger partial charge on any atom is -0.489 e. The van der Waals surface area contributed by atoms with Gasteiger partial charge < -0.3 is 15.4 Å². The second-order valence-corrected chi connectivity index (χ2v) is 10.6. The van der Waals surface area contributed by atoms with Crippen molar-refractivity contribution in [1.82, 2.24) is 14.8 Å². The van der Waals surface area contributed by atoms with E-state index >= 15 is 0 Å². The Morgan fingerprint density at radius 2 is 1.85 bits per heavy atom. The average Bonchev–Trinajstić information content (AvgIpc) is 3.34. The maximum atomic E-state index is 13.7. The van der Waals surface area contributed by atoms with Crippen molar-refractivity contribution in [2.75, 3.05) is 16.4 Å². The summed E-state index contributed by atoms with van der Waals surface area (Å²) in [4.78, 5) is 18.5. The van der Waals surface area contributed by atoms with Crippen LogP contribution in [0.15, 0.2) is 95.3 Å². The fraction of sp³-hybridized carbons (Fsp3) is 0.258. The summed E-state index contributed by atoms with van der Waals surface area (Å²) in [6.45, 7) is 6.62. The molecular formula is C31H33N5O2S. The van der Waals surface area contributed by atoms with Gasteiger partial charge in [-0.3, -0.25) is 4.79 Å². The molecule has 3 aromatic carbocycles. The molecule has 0 saturated carbocycles. The Morgan fingerprint density at radius 1 is 1.05 bits per heavy atom. The van der Waals surface area contributed by atoms with Crippen LogP contribution in [0.4, 0.5) is 11.6 Å². The van der Waals surface area contributed by atoms with Gasteiger partial charge in [-0.15, -0.1) is 5.10 Å². The quantitative estimate of drug-likeness (QED) is 0.167. The predicted octanol–water partition coefficient (Wildman–Crippen LogP) is 6.99. The van der Waals surface area contributed by atoms with Crippen LogP contribution in [0.1, 0.15) is 49.4 Å². The van der Waals surface area contributed by atoms with Gasteiger partial charge in [0.1, 0.15) is 18.4 Å². The number of carbonyl (C=O) groups is 1. The lowest BCUT2D eigenvalue weighted by Crippen LogP contribution is -2.31. The topological polar surface area (TPSA) is 81.1 Å². The fourth-order valence-electron chi connectivity index (χ4n) is 4.53. The third-order valence-corrected chi connectivity index (χ3v) is 7.59. The molecule has 5 rings (SSSR count). The molecule has 7 nitrogen and oxygen atoms in total. The van der Waals surface area contributed by atoms with Crippen LogP contribution in [-0.4, -0.2) is 26.4 Å². The maximum Gasteiger partial charge on any atom is 0.255 e. The Kier molecular flexibility index (Phi) is 8.32. The number of aromatic nitrogens is 3. The standard InChI is InChI=1S/C31H33N5O2S/c1-4-5-18-39-31-34-30-32-22(3)27(29(37)33-25-15-7-6-8-16-25)28(36(30)35-31)23-14-11-17-26(19-23)38-20-24-13-10-9-12-21(24)2/h6-17,19,28H,4-5,18,20H2,1-3H3,(H,33,37)(H,32,34,35). The minimum atomic E-state index is -0.472. The number of hydrogen-bond donors (Lipinski definition) is 2. The number of unbranched alkanes of at least 4 members (excludes halogenated alkanes) is 1. The van der Waals surface area contributed by atoms with Gasteiger partial charge in [-0.1, -0.05) is 79.7 Å². The SMILES string of the molecule is CCCCSc1nc2n(n1)C(c1cccc(OCc3ccccc3C)c1)C(C(=O)Nc1ccccc1)=C(C)N2. The van der Waals surface area contributed by atoms with Crippen LogP contribution in [0.25, 0.3) is 0 Å². The van der Waals surface area contributed by atoms with E-state index in [-0.39, 0.29) is 5.91 Å². The van der Waals surface area contributed by atoms with Crippen molar-refractivity contribution >= 4 is 29.3 Å². The molecule has 0 radical (unpaired) electrons. The number of anilines is 2. The summed E-state index contributed by atoms with van der Waals surface area (Å²) in [5.41, 5.74) is 5.27. The van der Waals surface area contributed by atoms with E-state index in [0.717, 1.165) is 46.9 Å². The molecule has 2 N–H and O–H groups in total. The van der Waals surface area contributed by atoms with Crippen molar-refractivity contribution in [3.8, 4) is 5.75 Å². The number of para-hydroxylation sites is 1. The highest BCUT2D eigenvalue weighted by Gasteiger charge is 2.34. The lowest BCUT2D eigenvalue weighted by Gasteiger charge is -2.29. The second-order valence-electron chi connectivity index (χ2n) is 9.54. The number of hydrogen-bond acceptors (Lipinski definition) is 6. The van der Waals surface area contributed by atoms with Crippen molar-refractivity contribution in [3.63, 3.8) is 0 Å². The lowest BCUT2D eigenvalue weighted by molar-refractivity contribution is -0.113. The summed E-state index contributed by atoms with van der Waals surface area (Å²) in [6.07, 6.45) is 2.20. The van der Waals surface area contributed by atoms with E-state index < -0.39 is 6.04 Å². The molecule has 1 aliphatic rings. The molecule has 39 heavy (non-hydrogen) atoms. The number of amides is 1. The minimum absolute atomic E-state index is 0.191. The number of aryl methyl sites for hydroxylation is 1. The summed E-state index contributed by atoms with van der Waals surface area (Å²) in [5, 5.41) is 11.9. The Bertz CT molecular complexity index is 1480. The number of rotatable bonds is 10. The van der Waals surface area contributed by atoms with Crippen LogP contribution in [0, 0.1) is 6.92 Å². The maximum absolute atomic E-state index is 13.7. The number of carbonyl (C=O) groups excluding carboxylic acids is 1. The molecular weight excluding hydrogens is 506 g/mol. The van der Waals surface area contributed by atoms with Crippen LogP contribution in [0.5, 0.6) is 5.75 Å². The number of benzene rings is 3. The van der Waals surface area contributed by atoms with Gasteiger partial charge in [0.25, 0.3) is 5.91 Å². The number of nitrogens with zero attached hydrogens (tertiary/aromatic N) is 3. The van der Waals surface area contributed by atoms with E-state index in [4.69, 9.17) is 14.8 Å². The van der Waals surface area contributed by atoms with Gasteiger partial charge in [0.15, 0.2) is 0 Å². The molecule has 0 saturated heterocycles. The van der Waals surface area contributed by atoms with Gasteiger partial charge in [0.2, 0.25) is 11.1 Å². The number of thioether (sulfide) groups is 1. The summed E-state index contributed by atoms with van der Waals surface area (Å²) in [6, 6.07) is 25.1. The first-order valence-electron chi connectivity index (χ1n) is 13.2. The molecule has 0 bridgehead atoms. The lowest BCUT2D eigenvalue weighted by atomic mass is 9.95. The second kappa shape index (κ2) is 12.2. The molecule has 1 atom stereocenters. The molecule has 1 aromatic heterocycles.